The van der Waals surface area contributed by atoms with E-state index >= 15 is 0 Å². The van der Waals surface area contributed by atoms with Crippen LogP contribution in [0.4, 0.5) is 0 Å². The molecule has 1 saturated carbocycles. The summed E-state index contributed by atoms with van der Waals surface area (Å²) in [4.78, 5) is 24.2. The molecule has 3 aliphatic carbocycles. The van der Waals surface area contributed by atoms with Gasteiger partial charge in [-0.2, -0.15) is 0 Å². The van der Waals surface area contributed by atoms with Crippen LogP contribution in [0, 0.1) is 17.8 Å². The second-order valence-corrected chi connectivity index (χ2v) is 7.08. The first-order chi connectivity index (χ1) is 9.54. The maximum absolute atomic E-state index is 12.7. The molecule has 3 atom stereocenters. The number of hydrogen-bond donors (Lipinski definition) is 1. The molecule has 4 heteroatoms. The van der Waals surface area contributed by atoms with Crippen molar-refractivity contribution in [2.45, 2.75) is 52.2 Å². The lowest BCUT2D eigenvalue weighted by Gasteiger charge is -2.40. The molecule has 0 unspecified atom stereocenters. The van der Waals surface area contributed by atoms with Gasteiger partial charge in [0.1, 0.15) is 11.7 Å². The Morgan fingerprint density at radius 2 is 2.00 bits per heavy atom. The fraction of sp³-hybridized carbons (Fsp3) is 0.588. The highest BCUT2D eigenvalue weighted by molar-refractivity contribution is 6.09. The minimum atomic E-state index is -1.38. The number of esters is 1. The first-order valence-corrected chi connectivity index (χ1v) is 7.29. The van der Waals surface area contributed by atoms with Gasteiger partial charge in [-0.05, 0) is 33.6 Å². The third-order valence-corrected chi connectivity index (χ3v) is 5.40. The zero-order valence-electron chi connectivity index (χ0n) is 12.9. The van der Waals surface area contributed by atoms with Gasteiger partial charge in [-0.15, -0.1) is 0 Å². The molecule has 0 aromatic rings. The predicted molar refractivity (Wildman–Crippen MR) is 77.1 cm³/mol. The van der Waals surface area contributed by atoms with Crippen molar-refractivity contribution >= 4 is 11.8 Å². The number of ether oxygens (including phenoxy) is 1. The number of hydrogen-bond acceptors (Lipinski definition) is 4. The molecule has 1 fully saturated rings. The fourth-order valence-corrected chi connectivity index (χ4v) is 3.99. The number of Topliss-reactive ketones (excluding diaryl/α,β-unsaturated/α-hetero) is 1. The van der Waals surface area contributed by atoms with E-state index in [2.05, 4.69) is 6.92 Å². The summed E-state index contributed by atoms with van der Waals surface area (Å²) < 4.78 is 5.46. The lowest BCUT2D eigenvalue weighted by molar-refractivity contribution is -0.148. The maximum Gasteiger partial charge on any atom is 0.303 e. The van der Waals surface area contributed by atoms with Gasteiger partial charge in [0.25, 0.3) is 0 Å². The molecule has 113 valence electrons. The lowest BCUT2D eigenvalue weighted by atomic mass is 9.67. The highest BCUT2D eigenvalue weighted by Crippen LogP contribution is 2.65. The average molecular weight is 289 g/mol. The number of ketones is 1. The van der Waals surface area contributed by atoms with Crippen molar-refractivity contribution in [3.05, 3.63) is 29.7 Å². The van der Waals surface area contributed by atoms with Crippen LogP contribution >= 0.6 is 0 Å². The van der Waals surface area contributed by atoms with Crippen molar-refractivity contribution < 1.29 is 19.4 Å². The zero-order chi connectivity index (χ0) is 15.8. The summed E-state index contributed by atoms with van der Waals surface area (Å²) in [5.74, 6) is -0.662. The first kappa shape index (κ1) is 14.5. The van der Waals surface area contributed by atoms with Gasteiger partial charge in [0.15, 0.2) is 5.78 Å². The Balaban J connectivity index is 2.21. The number of aliphatic hydroxyl groups is 1. The minimum Gasteiger partial charge on any atom is -0.457 e. The van der Waals surface area contributed by atoms with Gasteiger partial charge in [-0.25, -0.2) is 0 Å². The minimum absolute atomic E-state index is 0.273. The van der Waals surface area contributed by atoms with Crippen LogP contribution in [-0.2, 0) is 14.3 Å². The number of carbonyl (C=O) groups is 2. The van der Waals surface area contributed by atoms with E-state index in [4.69, 9.17) is 4.74 Å². The van der Waals surface area contributed by atoms with Gasteiger partial charge in [0.05, 0.1) is 0 Å². The Morgan fingerprint density at radius 3 is 2.48 bits per heavy atom. The summed E-state index contributed by atoms with van der Waals surface area (Å²) in [6.45, 7) is 10.8. The largest absolute Gasteiger partial charge is 0.457 e. The number of rotatable bonds is 1. The van der Waals surface area contributed by atoms with Crippen molar-refractivity contribution in [1.82, 2.24) is 0 Å². The van der Waals surface area contributed by atoms with E-state index in [0.29, 0.717) is 5.57 Å². The predicted octanol–water partition coefficient (Wildman–Crippen LogP) is 2.13. The summed E-state index contributed by atoms with van der Waals surface area (Å²) in [5.41, 5.74) is -0.361. The molecular formula is C17H21O4. The molecule has 0 amide bonds. The SMILES string of the molecule is [CH2][C@]1(C)C=C2C(=O)[C@](C)(O)C3(CC3)C(C)=C2[C@@H]1OC(C)=O. The summed E-state index contributed by atoms with van der Waals surface area (Å²) >= 11 is 0. The van der Waals surface area contributed by atoms with Gasteiger partial charge < -0.3 is 9.84 Å². The standard InChI is InChI=1S/C17H21O4/c1-9-12-11(8-15(3,4)14(12)21-10(2)18)13(19)16(5,20)17(9)6-7-17/h8,14,20H,3,6-7H2,1-2,4-5H3/t14-,15-,16-/m0/s1. The lowest BCUT2D eigenvalue weighted by Crippen LogP contribution is -2.50. The Bertz CT molecular complexity index is 615. The molecule has 0 aliphatic heterocycles. The third-order valence-electron chi connectivity index (χ3n) is 5.40. The summed E-state index contributed by atoms with van der Waals surface area (Å²) in [6, 6.07) is 0. The topological polar surface area (TPSA) is 63.6 Å². The van der Waals surface area contributed by atoms with Crippen LogP contribution in [-0.4, -0.2) is 28.6 Å². The van der Waals surface area contributed by atoms with Gasteiger partial charge in [0.2, 0.25) is 0 Å². The van der Waals surface area contributed by atoms with Gasteiger partial charge >= 0.3 is 5.97 Å². The smallest absolute Gasteiger partial charge is 0.303 e. The highest BCUT2D eigenvalue weighted by Gasteiger charge is 2.66. The zero-order valence-corrected chi connectivity index (χ0v) is 12.9. The molecule has 1 N–H and O–H groups in total. The second kappa shape index (κ2) is 3.86. The van der Waals surface area contributed by atoms with Crippen molar-refractivity contribution in [2.24, 2.45) is 10.8 Å². The van der Waals surface area contributed by atoms with Gasteiger partial charge in [-0.1, -0.05) is 18.6 Å². The highest BCUT2D eigenvalue weighted by atomic mass is 16.5. The summed E-state index contributed by atoms with van der Waals surface area (Å²) in [7, 11) is 0. The number of carbonyl (C=O) groups excluding carboxylic acids is 2. The molecule has 4 nitrogen and oxygen atoms in total. The molecule has 21 heavy (non-hydrogen) atoms. The van der Waals surface area contributed by atoms with Gasteiger partial charge in [0, 0.05) is 28.9 Å². The van der Waals surface area contributed by atoms with Crippen molar-refractivity contribution in [3.8, 4) is 0 Å². The van der Waals surface area contributed by atoms with E-state index in [9.17, 15) is 14.7 Å². The molecule has 0 heterocycles. The van der Waals surface area contributed by atoms with Crippen molar-refractivity contribution in [3.63, 3.8) is 0 Å². The van der Waals surface area contributed by atoms with E-state index < -0.39 is 22.5 Å². The van der Waals surface area contributed by atoms with Crippen LogP contribution in [0.1, 0.15) is 40.5 Å². The molecule has 3 rings (SSSR count). The molecule has 1 spiro atoms. The normalized spacial score (nSPS) is 35.6. The Labute approximate surface area is 124 Å². The monoisotopic (exact) mass is 289 g/mol. The summed E-state index contributed by atoms with van der Waals surface area (Å²) in [5, 5.41) is 10.7. The van der Waals surface area contributed by atoms with Crippen molar-refractivity contribution in [2.75, 3.05) is 0 Å². The molecule has 0 aromatic carbocycles. The van der Waals surface area contributed by atoms with Crippen LogP contribution in [0.15, 0.2) is 22.8 Å². The van der Waals surface area contributed by atoms with Crippen LogP contribution in [0.5, 0.6) is 0 Å². The van der Waals surface area contributed by atoms with Gasteiger partial charge in [-0.3, -0.25) is 9.59 Å². The van der Waals surface area contributed by atoms with E-state index in [0.717, 1.165) is 24.0 Å². The summed E-state index contributed by atoms with van der Waals surface area (Å²) in [6.07, 6.45) is 2.76. The molecule has 0 aromatic heterocycles. The average Bonchev–Trinajstić information content (AvgIpc) is 3.10. The van der Waals surface area contributed by atoms with Crippen LogP contribution in [0.2, 0.25) is 0 Å². The Kier molecular flexibility index (Phi) is 2.67. The fourth-order valence-electron chi connectivity index (χ4n) is 3.99. The van der Waals surface area contributed by atoms with E-state index in [1.165, 1.54) is 6.92 Å². The van der Waals surface area contributed by atoms with Crippen molar-refractivity contribution in [1.29, 1.82) is 0 Å². The Hall–Kier alpha value is -1.42. The second-order valence-electron chi connectivity index (χ2n) is 7.08. The quantitative estimate of drug-likeness (QED) is 0.751. The van der Waals surface area contributed by atoms with Crippen LogP contribution in [0.25, 0.3) is 0 Å². The molecule has 1 radical (unpaired) electrons. The van der Waals surface area contributed by atoms with Crippen LogP contribution < -0.4 is 0 Å². The molecule has 0 saturated heterocycles. The Morgan fingerprint density at radius 1 is 1.43 bits per heavy atom. The molecular weight excluding hydrogens is 268 g/mol. The van der Waals surface area contributed by atoms with E-state index in [1.54, 1.807) is 13.0 Å². The van der Waals surface area contributed by atoms with E-state index in [-0.39, 0.29) is 11.8 Å². The van der Waals surface area contributed by atoms with Crippen LogP contribution in [0.3, 0.4) is 0 Å². The first-order valence-electron chi connectivity index (χ1n) is 7.29. The van der Waals surface area contributed by atoms with E-state index in [1.807, 2.05) is 13.8 Å². The number of fused-ring (bicyclic) bond motifs is 1. The maximum atomic E-state index is 12.7. The molecule has 3 aliphatic rings. The molecule has 0 bridgehead atoms. The third kappa shape index (κ3) is 1.65.